The summed E-state index contributed by atoms with van der Waals surface area (Å²) in [6.07, 6.45) is 0. The second-order valence-corrected chi connectivity index (χ2v) is 4.79. The smallest absolute Gasteiger partial charge is 0.138 e. The first-order valence-corrected chi connectivity index (χ1v) is 6.54. The lowest BCUT2D eigenvalue weighted by Crippen LogP contribution is -1.82. The van der Waals surface area contributed by atoms with Crippen molar-refractivity contribution in [2.24, 2.45) is 0 Å². The summed E-state index contributed by atoms with van der Waals surface area (Å²) in [5.41, 5.74) is 0. The summed E-state index contributed by atoms with van der Waals surface area (Å²) in [7, 11) is 0. The lowest BCUT2D eigenvalue weighted by atomic mass is 10.1. The van der Waals surface area contributed by atoms with Crippen molar-refractivity contribution in [3.8, 4) is 5.75 Å². The van der Waals surface area contributed by atoms with Gasteiger partial charge in [-0.1, -0.05) is 48.5 Å². The first kappa shape index (κ1) is 11.2. The molecule has 3 aromatic rings. The van der Waals surface area contributed by atoms with E-state index in [-0.39, 0.29) is 0 Å². The molecule has 0 heterocycles. The van der Waals surface area contributed by atoms with Gasteiger partial charge in [0.05, 0.1) is 12.0 Å². The minimum atomic E-state index is 0.877. The molecule has 0 aliphatic rings. The van der Waals surface area contributed by atoms with Crippen molar-refractivity contribution in [1.82, 2.24) is 0 Å². The van der Waals surface area contributed by atoms with Crippen LogP contribution in [0.4, 0.5) is 0 Å². The molecule has 0 N–H and O–H groups in total. The molecule has 0 fully saturated rings. The molecule has 2 heteroatoms. The van der Waals surface area contributed by atoms with E-state index in [0.29, 0.717) is 0 Å². The second-order valence-electron chi connectivity index (χ2n) is 3.99. The third kappa shape index (κ3) is 2.49. The van der Waals surface area contributed by atoms with E-state index in [2.05, 4.69) is 24.3 Å². The Kier molecular flexibility index (Phi) is 3.20. The summed E-state index contributed by atoms with van der Waals surface area (Å²) >= 11 is 1.38. The maximum Gasteiger partial charge on any atom is 0.138 e. The van der Waals surface area contributed by atoms with Crippen LogP contribution in [0.5, 0.6) is 5.75 Å². The Morgan fingerprint density at radius 2 is 1.39 bits per heavy atom. The number of hydrogen-bond acceptors (Lipinski definition) is 2. The van der Waals surface area contributed by atoms with E-state index in [1.54, 1.807) is 0 Å². The average Bonchev–Trinajstić information content (AvgIpc) is 2.46. The average molecular weight is 252 g/mol. The molecule has 3 aromatic carbocycles. The van der Waals surface area contributed by atoms with E-state index >= 15 is 0 Å². The SMILES string of the molecule is c1ccc(SOc2ccc3ccccc3c2)cc1. The fourth-order valence-electron chi connectivity index (χ4n) is 1.79. The topological polar surface area (TPSA) is 9.23 Å². The van der Waals surface area contributed by atoms with Crippen LogP contribution in [-0.4, -0.2) is 0 Å². The van der Waals surface area contributed by atoms with Crippen molar-refractivity contribution in [2.45, 2.75) is 4.90 Å². The van der Waals surface area contributed by atoms with Crippen LogP contribution in [-0.2, 0) is 0 Å². The normalized spacial score (nSPS) is 10.4. The van der Waals surface area contributed by atoms with Crippen molar-refractivity contribution in [3.05, 3.63) is 72.8 Å². The van der Waals surface area contributed by atoms with Crippen LogP contribution in [0.3, 0.4) is 0 Å². The molecule has 0 radical (unpaired) electrons. The maximum absolute atomic E-state index is 5.72. The Morgan fingerprint density at radius 3 is 2.22 bits per heavy atom. The van der Waals surface area contributed by atoms with E-state index in [0.717, 1.165) is 10.6 Å². The maximum atomic E-state index is 5.72. The molecule has 1 nitrogen and oxygen atoms in total. The molecule has 0 aliphatic carbocycles. The van der Waals surface area contributed by atoms with Crippen LogP contribution in [0.1, 0.15) is 0 Å². The highest BCUT2D eigenvalue weighted by atomic mass is 32.2. The number of fused-ring (bicyclic) bond motifs is 1. The van der Waals surface area contributed by atoms with Crippen LogP contribution >= 0.6 is 12.0 Å². The molecule has 18 heavy (non-hydrogen) atoms. The first-order chi connectivity index (χ1) is 8.92. The molecule has 0 amide bonds. The molecule has 0 aromatic heterocycles. The van der Waals surface area contributed by atoms with Gasteiger partial charge in [-0.3, -0.25) is 0 Å². The van der Waals surface area contributed by atoms with Crippen LogP contribution in [0.2, 0.25) is 0 Å². The Labute approximate surface area is 111 Å². The first-order valence-electron chi connectivity index (χ1n) is 5.80. The zero-order valence-electron chi connectivity index (χ0n) is 9.74. The molecular formula is C16H12OS. The summed E-state index contributed by atoms with van der Waals surface area (Å²) in [4.78, 5) is 1.10. The fourth-order valence-corrected chi connectivity index (χ4v) is 2.36. The van der Waals surface area contributed by atoms with E-state index in [9.17, 15) is 0 Å². The van der Waals surface area contributed by atoms with Gasteiger partial charge in [0.25, 0.3) is 0 Å². The van der Waals surface area contributed by atoms with Crippen molar-refractivity contribution in [1.29, 1.82) is 0 Å². The van der Waals surface area contributed by atoms with Crippen molar-refractivity contribution in [2.75, 3.05) is 0 Å². The number of benzene rings is 3. The van der Waals surface area contributed by atoms with Crippen molar-refractivity contribution < 1.29 is 4.18 Å². The second kappa shape index (κ2) is 5.15. The summed E-state index contributed by atoms with van der Waals surface area (Å²) in [6, 6.07) is 24.5. The molecule has 88 valence electrons. The number of rotatable bonds is 3. The quantitative estimate of drug-likeness (QED) is 0.611. The zero-order chi connectivity index (χ0) is 12.2. The Morgan fingerprint density at radius 1 is 0.667 bits per heavy atom. The van der Waals surface area contributed by atoms with Gasteiger partial charge < -0.3 is 4.18 Å². The summed E-state index contributed by atoms with van der Waals surface area (Å²) in [6.45, 7) is 0. The summed E-state index contributed by atoms with van der Waals surface area (Å²) in [5, 5.41) is 2.43. The van der Waals surface area contributed by atoms with Crippen LogP contribution in [0.25, 0.3) is 10.8 Å². The van der Waals surface area contributed by atoms with Gasteiger partial charge >= 0.3 is 0 Å². The standard InChI is InChI=1S/C16H12OS/c1-2-8-16(9-3-1)18-17-15-11-10-13-6-4-5-7-14(13)12-15/h1-12H. The molecule has 0 bridgehead atoms. The van der Waals surface area contributed by atoms with Gasteiger partial charge in [-0.25, -0.2) is 0 Å². The van der Waals surface area contributed by atoms with Gasteiger partial charge in [0.2, 0.25) is 0 Å². The largest absolute Gasteiger partial charge is 0.421 e. The highest BCUT2D eigenvalue weighted by Crippen LogP contribution is 2.26. The fraction of sp³-hybridized carbons (Fsp3) is 0. The number of hydrogen-bond donors (Lipinski definition) is 0. The van der Waals surface area contributed by atoms with Crippen LogP contribution in [0, 0.1) is 0 Å². The predicted molar refractivity (Wildman–Crippen MR) is 76.9 cm³/mol. The minimum absolute atomic E-state index is 0.877. The Hall–Kier alpha value is -1.93. The third-order valence-corrected chi connectivity index (χ3v) is 3.44. The molecule has 0 aliphatic heterocycles. The molecule has 0 saturated carbocycles. The molecule has 0 atom stereocenters. The van der Waals surface area contributed by atoms with Gasteiger partial charge in [0.1, 0.15) is 5.75 Å². The van der Waals surface area contributed by atoms with Gasteiger partial charge in [-0.2, -0.15) is 0 Å². The van der Waals surface area contributed by atoms with Gasteiger partial charge in [-0.15, -0.1) is 0 Å². The Bertz CT molecular complexity index is 649. The predicted octanol–water partition coefficient (Wildman–Crippen LogP) is 4.93. The van der Waals surface area contributed by atoms with Gasteiger partial charge in [0, 0.05) is 4.90 Å². The highest BCUT2D eigenvalue weighted by molar-refractivity contribution is 7.95. The monoisotopic (exact) mass is 252 g/mol. The molecule has 0 spiro atoms. The molecule has 3 rings (SSSR count). The van der Waals surface area contributed by atoms with Gasteiger partial charge in [-0.05, 0) is 35.0 Å². The Balaban J connectivity index is 1.79. The van der Waals surface area contributed by atoms with E-state index in [1.165, 1.54) is 22.8 Å². The van der Waals surface area contributed by atoms with Crippen molar-refractivity contribution >= 4 is 22.8 Å². The van der Waals surface area contributed by atoms with E-state index < -0.39 is 0 Å². The van der Waals surface area contributed by atoms with Gasteiger partial charge in [0.15, 0.2) is 0 Å². The van der Waals surface area contributed by atoms with E-state index in [1.807, 2.05) is 48.5 Å². The molecule has 0 saturated heterocycles. The van der Waals surface area contributed by atoms with Crippen LogP contribution < -0.4 is 4.18 Å². The van der Waals surface area contributed by atoms with E-state index in [4.69, 9.17) is 4.18 Å². The third-order valence-electron chi connectivity index (χ3n) is 2.70. The summed E-state index contributed by atoms with van der Waals surface area (Å²) < 4.78 is 5.72. The molecular weight excluding hydrogens is 240 g/mol. The minimum Gasteiger partial charge on any atom is -0.421 e. The lowest BCUT2D eigenvalue weighted by molar-refractivity contribution is 0.647. The lowest BCUT2D eigenvalue weighted by Gasteiger charge is -2.05. The zero-order valence-corrected chi connectivity index (χ0v) is 10.6. The summed E-state index contributed by atoms with van der Waals surface area (Å²) in [5.74, 6) is 0.877. The molecule has 0 unspecified atom stereocenters. The van der Waals surface area contributed by atoms with Crippen molar-refractivity contribution in [3.63, 3.8) is 0 Å². The highest BCUT2D eigenvalue weighted by Gasteiger charge is 1.99. The van der Waals surface area contributed by atoms with Crippen LogP contribution in [0.15, 0.2) is 77.7 Å².